The van der Waals surface area contributed by atoms with Gasteiger partial charge in [-0.25, -0.2) is 0 Å². The van der Waals surface area contributed by atoms with Crippen LogP contribution >= 0.6 is 11.8 Å². The Morgan fingerprint density at radius 3 is 2.75 bits per heavy atom. The van der Waals surface area contributed by atoms with Crippen LogP contribution in [0.5, 0.6) is 0 Å². The molecule has 12 heavy (non-hydrogen) atoms. The third-order valence-corrected chi connectivity index (χ3v) is 3.35. The van der Waals surface area contributed by atoms with Crippen LogP contribution in [0.1, 0.15) is 34.1 Å². The van der Waals surface area contributed by atoms with E-state index in [0.29, 0.717) is 17.5 Å². The van der Waals surface area contributed by atoms with Crippen molar-refractivity contribution in [3.8, 4) is 0 Å². The van der Waals surface area contributed by atoms with Crippen LogP contribution in [0.2, 0.25) is 0 Å². The minimum Gasteiger partial charge on any atom is -0.359 e. The summed E-state index contributed by atoms with van der Waals surface area (Å²) in [5.74, 6) is 0.594. The van der Waals surface area contributed by atoms with Crippen LogP contribution in [0.4, 0.5) is 0 Å². The Hall–Kier alpha value is 0.0500. The summed E-state index contributed by atoms with van der Waals surface area (Å²) in [5.41, 5.74) is 1.75. The molecular formula is C10H18OS. The molecule has 1 aliphatic heterocycles. The van der Waals surface area contributed by atoms with E-state index in [4.69, 9.17) is 4.74 Å². The van der Waals surface area contributed by atoms with Crippen molar-refractivity contribution in [2.24, 2.45) is 5.92 Å². The Labute approximate surface area is 79.6 Å². The molecule has 0 saturated heterocycles. The highest BCUT2D eigenvalue weighted by molar-refractivity contribution is 8.02. The number of ether oxygens (including phenoxy) is 1. The van der Waals surface area contributed by atoms with E-state index in [0.717, 1.165) is 6.42 Å². The summed E-state index contributed by atoms with van der Waals surface area (Å²) in [6.45, 7) is 8.75. The maximum Gasteiger partial charge on any atom is 0.107 e. The van der Waals surface area contributed by atoms with Gasteiger partial charge in [0, 0.05) is 0 Å². The molecule has 0 aromatic rings. The summed E-state index contributed by atoms with van der Waals surface area (Å²) in [5, 5.41) is 2.25. The van der Waals surface area contributed by atoms with Gasteiger partial charge in [-0.2, -0.15) is 0 Å². The number of hydrogen-bond acceptors (Lipinski definition) is 2. The first kappa shape index (κ1) is 10.1. The predicted molar refractivity (Wildman–Crippen MR) is 55.1 cm³/mol. The highest BCUT2D eigenvalue weighted by atomic mass is 32.2. The van der Waals surface area contributed by atoms with Gasteiger partial charge in [0.05, 0.1) is 6.10 Å². The van der Waals surface area contributed by atoms with Crippen molar-refractivity contribution in [3.63, 3.8) is 0 Å². The van der Waals surface area contributed by atoms with Gasteiger partial charge in [0.25, 0.3) is 0 Å². The van der Waals surface area contributed by atoms with Gasteiger partial charge < -0.3 is 4.74 Å². The molecule has 1 rings (SSSR count). The van der Waals surface area contributed by atoms with E-state index in [1.165, 1.54) is 5.57 Å². The fourth-order valence-electron chi connectivity index (χ4n) is 1.43. The number of rotatable bonds is 2. The van der Waals surface area contributed by atoms with Gasteiger partial charge in [-0.05, 0) is 30.2 Å². The highest BCUT2D eigenvalue weighted by Crippen LogP contribution is 2.31. The monoisotopic (exact) mass is 186 g/mol. The second kappa shape index (κ2) is 4.33. The maximum absolute atomic E-state index is 5.90. The second-order valence-corrected chi connectivity index (χ2v) is 4.67. The lowest BCUT2D eigenvalue weighted by atomic mass is 10.0. The summed E-state index contributed by atoms with van der Waals surface area (Å²) < 4.78 is 5.90. The van der Waals surface area contributed by atoms with Gasteiger partial charge >= 0.3 is 0 Å². The van der Waals surface area contributed by atoms with Crippen LogP contribution in [0.3, 0.4) is 0 Å². The molecule has 2 heteroatoms. The van der Waals surface area contributed by atoms with Crippen molar-refractivity contribution in [1.82, 2.24) is 0 Å². The topological polar surface area (TPSA) is 9.23 Å². The normalized spacial score (nSPS) is 30.6. The van der Waals surface area contributed by atoms with Crippen molar-refractivity contribution in [2.75, 3.05) is 0 Å². The summed E-state index contributed by atoms with van der Waals surface area (Å²) in [7, 11) is 0. The molecule has 0 fully saturated rings. The van der Waals surface area contributed by atoms with Crippen LogP contribution in [-0.2, 0) is 4.74 Å². The predicted octanol–water partition coefficient (Wildman–Crippen LogP) is 3.41. The Bertz CT molecular complexity index is 175. The lowest BCUT2D eigenvalue weighted by Crippen LogP contribution is -2.28. The molecule has 1 aliphatic rings. The molecule has 0 aromatic heterocycles. The van der Waals surface area contributed by atoms with Crippen LogP contribution in [0.25, 0.3) is 0 Å². The average Bonchev–Trinajstić information content (AvgIpc) is 2.05. The first-order chi connectivity index (χ1) is 5.65. The zero-order chi connectivity index (χ0) is 9.14. The molecule has 0 amide bonds. The van der Waals surface area contributed by atoms with Crippen LogP contribution in [0.15, 0.2) is 11.0 Å². The van der Waals surface area contributed by atoms with Crippen LogP contribution in [-0.4, -0.2) is 11.5 Å². The third kappa shape index (κ3) is 2.27. The van der Waals surface area contributed by atoms with Gasteiger partial charge in [0.15, 0.2) is 0 Å². The van der Waals surface area contributed by atoms with Crippen molar-refractivity contribution in [3.05, 3.63) is 11.0 Å². The quantitative estimate of drug-likeness (QED) is 0.653. The van der Waals surface area contributed by atoms with Crippen molar-refractivity contribution < 1.29 is 4.74 Å². The summed E-state index contributed by atoms with van der Waals surface area (Å²) in [6, 6.07) is 0. The Kier molecular flexibility index (Phi) is 3.66. The van der Waals surface area contributed by atoms with E-state index in [-0.39, 0.29) is 0 Å². The Morgan fingerprint density at radius 1 is 1.58 bits per heavy atom. The number of hydrogen-bond donors (Lipinski definition) is 0. The fraction of sp³-hybridized carbons (Fsp3) is 0.800. The molecular weight excluding hydrogens is 168 g/mol. The van der Waals surface area contributed by atoms with Gasteiger partial charge in [-0.15, -0.1) is 11.8 Å². The minimum atomic E-state index is 0.344. The summed E-state index contributed by atoms with van der Waals surface area (Å²) in [4.78, 5) is 0. The molecule has 1 heterocycles. The Morgan fingerprint density at radius 2 is 2.25 bits per heavy atom. The zero-order valence-electron chi connectivity index (χ0n) is 8.33. The van der Waals surface area contributed by atoms with E-state index in [2.05, 4.69) is 33.1 Å². The Balaban J connectivity index is 2.61. The fourth-order valence-corrected chi connectivity index (χ4v) is 2.31. The van der Waals surface area contributed by atoms with Crippen LogP contribution < -0.4 is 0 Å². The summed E-state index contributed by atoms with van der Waals surface area (Å²) in [6.07, 6.45) is 1.44. The average molecular weight is 186 g/mol. The maximum atomic E-state index is 5.90. The van der Waals surface area contributed by atoms with E-state index in [9.17, 15) is 0 Å². The van der Waals surface area contributed by atoms with Crippen molar-refractivity contribution in [2.45, 2.75) is 45.7 Å². The summed E-state index contributed by atoms with van der Waals surface area (Å²) >= 11 is 1.81. The smallest absolute Gasteiger partial charge is 0.107 e. The molecule has 0 aliphatic carbocycles. The first-order valence-electron chi connectivity index (χ1n) is 4.62. The molecule has 2 atom stereocenters. The van der Waals surface area contributed by atoms with Crippen molar-refractivity contribution >= 4 is 11.8 Å². The van der Waals surface area contributed by atoms with E-state index in [1.807, 2.05) is 11.8 Å². The highest BCUT2D eigenvalue weighted by Gasteiger charge is 2.23. The molecule has 0 unspecified atom stereocenters. The largest absolute Gasteiger partial charge is 0.359 e. The van der Waals surface area contributed by atoms with E-state index in [1.54, 1.807) is 0 Å². The van der Waals surface area contributed by atoms with Gasteiger partial charge in [-0.3, -0.25) is 0 Å². The molecule has 1 nitrogen and oxygen atoms in total. The molecule has 0 N–H and O–H groups in total. The van der Waals surface area contributed by atoms with Gasteiger partial charge in [0.2, 0.25) is 0 Å². The standard InChI is InChI=1S/C10H18OS/c1-5-9-11-10(7(2)3)8(4)6-12-9/h6-7,9-10H,5H2,1-4H3/t9-,10-/m1/s1. The van der Waals surface area contributed by atoms with Gasteiger partial charge in [0.1, 0.15) is 5.44 Å². The molecule has 0 spiro atoms. The lowest BCUT2D eigenvalue weighted by Gasteiger charge is -2.30. The van der Waals surface area contributed by atoms with E-state index >= 15 is 0 Å². The minimum absolute atomic E-state index is 0.344. The molecule has 0 radical (unpaired) electrons. The van der Waals surface area contributed by atoms with Crippen LogP contribution in [0, 0.1) is 5.92 Å². The van der Waals surface area contributed by atoms with Gasteiger partial charge in [-0.1, -0.05) is 20.8 Å². The second-order valence-electron chi connectivity index (χ2n) is 3.64. The molecule has 70 valence electrons. The zero-order valence-corrected chi connectivity index (χ0v) is 9.15. The first-order valence-corrected chi connectivity index (χ1v) is 5.57. The van der Waals surface area contributed by atoms with Crippen molar-refractivity contribution in [1.29, 1.82) is 0 Å². The SMILES string of the molecule is CC[C@@H]1O[C@H](C(C)C)C(C)=CS1. The third-order valence-electron chi connectivity index (χ3n) is 2.09. The molecule has 0 saturated carbocycles. The van der Waals surface area contributed by atoms with E-state index < -0.39 is 0 Å². The number of thioether (sulfide) groups is 1. The molecule has 0 aromatic carbocycles. The lowest BCUT2D eigenvalue weighted by molar-refractivity contribution is 0.0264. The molecule has 0 bridgehead atoms.